The van der Waals surface area contributed by atoms with Crippen LogP contribution in [-0.4, -0.2) is 12.6 Å². The van der Waals surface area contributed by atoms with E-state index in [1.165, 1.54) is 18.9 Å². The summed E-state index contributed by atoms with van der Waals surface area (Å²) >= 11 is 6.03. The molecule has 1 aromatic rings. The molecule has 1 N–H and O–H groups in total. The van der Waals surface area contributed by atoms with Crippen molar-refractivity contribution in [3.8, 4) is 0 Å². The minimum absolute atomic E-state index is 0.218. The van der Waals surface area contributed by atoms with E-state index in [9.17, 15) is 4.39 Å². The summed E-state index contributed by atoms with van der Waals surface area (Å²) < 4.78 is 13.2. The SMILES string of the molecule is Cc1cc(CCCCCNC(C)C)c(Cl)cc1F. The van der Waals surface area contributed by atoms with Crippen molar-refractivity contribution in [2.24, 2.45) is 0 Å². The highest BCUT2D eigenvalue weighted by molar-refractivity contribution is 6.31. The number of aryl methyl sites for hydroxylation is 2. The van der Waals surface area contributed by atoms with Gasteiger partial charge in [-0.1, -0.05) is 37.9 Å². The van der Waals surface area contributed by atoms with Crippen LogP contribution in [-0.2, 0) is 6.42 Å². The highest BCUT2D eigenvalue weighted by Crippen LogP contribution is 2.22. The molecule has 0 atom stereocenters. The zero-order valence-electron chi connectivity index (χ0n) is 11.5. The van der Waals surface area contributed by atoms with Gasteiger partial charge >= 0.3 is 0 Å². The predicted octanol–water partition coefficient (Wildman–Crippen LogP) is 4.50. The highest BCUT2D eigenvalue weighted by Gasteiger charge is 2.05. The van der Waals surface area contributed by atoms with Crippen molar-refractivity contribution in [1.29, 1.82) is 0 Å². The van der Waals surface area contributed by atoms with Crippen molar-refractivity contribution in [2.75, 3.05) is 6.54 Å². The lowest BCUT2D eigenvalue weighted by Crippen LogP contribution is -2.23. The van der Waals surface area contributed by atoms with E-state index in [2.05, 4.69) is 19.2 Å². The second-order valence-corrected chi connectivity index (χ2v) is 5.52. The van der Waals surface area contributed by atoms with Crippen molar-refractivity contribution < 1.29 is 4.39 Å². The maximum absolute atomic E-state index is 13.2. The third-order valence-corrected chi connectivity index (χ3v) is 3.35. The molecule has 0 aromatic heterocycles. The van der Waals surface area contributed by atoms with Gasteiger partial charge in [0.15, 0.2) is 0 Å². The van der Waals surface area contributed by atoms with Gasteiger partial charge in [0.2, 0.25) is 0 Å². The van der Waals surface area contributed by atoms with Crippen LogP contribution in [0.1, 0.15) is 44.2 Å². The predicted molar refractivity (Wildman–Crippen MR) is 76.8 cm³/mol. The van der Waals surface area contributed by atoms with Crippen LogP contribution in [0.25, 0.3) is 0 Å². The Morgan fingerprint density at radius 2 is 1.94 bits per heavy atom. The zero-order valence-corrected chi connectivity index (χ0v) is 12.3. The summed E-state index contributed by atoms with van der Waals surface area (Å²) in [5.41, 5.74) is 1.74. The smallest absolute Gasteiger partial charge is 0.127 e. The van der Waals surface area contributed by atoms with Gasteiger partial charge in [0.05, 0.1) is 0 Å². The molecule has 0 aliphatic carbocycles. The van der Waals surface area contributed by atoms with Crippen molar-refractivity contribution in [3.05, 3.63) is 34.1 Å². The molecule has 1 aromatic carbocycles. The Bertz CT molecular complexity index is 377. The first-order chi connectivity index (χ1) is 8.50. The highest BCUT2D eigenvalue weighted by atomic mass is 35.5. The van der Waals surface area contributed by atoms with E-state index in [1.54, 1.807) is 6.92 Å². The number of nitrogens with one attached hydrogen (secondary N) is 1. The summed E-state index contributed by atoms with van der Waals surface area (Å²) in [7, 11) is 0. The van der Waals surface area contributed by atoms with Crippen molar-refractivity contribution in [2.45, 2.75) is 52.5 Å². The van der Waals surface area contributed by atoms with E-state index in [0.717, 1.165) is 24.9 Å². The Morgan fingerprint density at radius 3 is 2.61 bits per heavy atom. The van der Waals surface area contributed by atoms with Crippen LogP contribution in [0.4, 0.5) is 4.39 Å². The van der Waals surface area contributed by atoms with Crippen molar-refractivity contribution >= 4 is 11.6 Å². The number of unbranched alkanes of at least 4 members (excludes halogenated alkanes) is 2. The quantitative estimate of drug-likeness (QED) is 0.720. The molecule has 0 fully saturated rings. The molecule has 102 valence electrons. The van der Waals surface area contributed by atoms with Crippen molar-refractivity contribution in [3.63, 3.8) is 0 Å². The number of rotatable bonds is 7. The molecule has 0 unspecified atom stereocenters. The molecule has 0 saturated carbocycles. The normalized spacial score (nSPS) is 11.2. The fourth-order valence-electron chi connectivity index (χ4n) is 1.92. The van der Waals surface area contributed by atoms with Gasteiger partial charge in [-0.2, -0.15) is 0 Å². The number of benzene rings is 1. The largest absolute Gasteiger partial charge is 0.315 e. The number of hydrogen-bond donors (Lipinski definition) is 1. The minimum atomic E-state index is -0.218. The zero-order chi connectivity index (χ0) is 13.5. The van der Waals surface area contributed by atoms with E-state index >= 15 is 0 Å². The Kier molecular flexibility index (Phi) is 6.66. The second kappa shape index (κ2) is 7.75. The van der Waals surface area contributed by atoms with Gasteiger partial charge < -0.3 is 5.32 Å². The van der Waals surface area contributed by atoms with Gasteiger partial charge in [0.25, 0.3) is 0 Å². The van der Waals surface area contributed by atoms with Crippen LogP contribution in [0.5, 0.6) is 0 Å². The molecule has 0 saturated heterocycles. The molecule has 0 aliphatic heterocycles. The fourth-order valence-corrected chi connectivity index (χ4v) is 2.16. The summed E-state index contributed by atoms with van der Waals surface area (Å²) in [5.74, 6) is -0.218. The van der Waals surface area contributed by atoms with E-state index in [-0.39, 0.29) is 5.82 Å². The van der Waals surface area contributed by atoms with E-state index in [4.69, 9.17) is 11.6 Å². The van der Waals surface area contributed by atoms with Crippen molar-refractivity contribution in [1.82, 2.24) is 5.32 Å². The number of hydrogen-bond acceptors (Lipinski definition) is 1. The van der Waals surface area contributed by atoms with Crippen LogP contribution in [0, 0.1) is 12.7 Å². The minimum Gasteiger partial charge on any atom is -0.315 e. The molecule has 0 aliphatic rings. The van der Waals surface area contributed by atoms with Crippen LogP contribution in [0.2, 0.25) is 5.02 Å². The maximum Gasteiger partial charge on any atom is 0.127 e. The van der Waals surface area contributed by atoms with Crippen LogP contribution >= 0.6 is 11.6 Å². The first kappa shape index (κ1) is 15.5. The third kappa shape index (κ3) is 5.36. The summed E-state index contributed by atoms with van der Waals surface area (Å²) in [4.78, 5) is 0. The monoisotopic (exact) mass is 271 g/mol. The molecule has 3 heteroatoms. The van der Waals surface area contributed by atoms with Crippen LogP contribution in [0.3, 0.4) is 0 Å². The lowest BCUT2D eigenvalue weighted by molar-refractivity contribution is 0.548. The Hall–Kier alpha value is -0.600. The first-order valence-corrected chi connectivity index (χ1v) is 7.06. The molecular weight excluding hydrogens is 249 g/mol. The van der Waals surface area contributed by atoms with E-state index < -0.39 is 0 Å². The average molecular weight is 272 g/mol. The van der Waals surface area contributed by atoms with Crippen LogP contribution < -0.4 is 5.32 Å². The van der Waals surface area contributed by atoms with E-state index in [1.807, 2.05) is 6.07 Å². The molecule has 18 heavy (non-hydrogen) atoms. The summed E-state index contributed by atoms with van der Waals surface area (Å²) in [5, 5.41) is 3.95. The maximum atomic E-state index is 13.2. The van der Waals surface area contributed by atoms with E-state index in [0.29, 0.717) is 16.6 Å². The second-order valence-electron chi connectivity index (χ2n) is 5.11. The third-order valence-electron chi connectivity index (χ3n) is 3.00. The van der Waals surface area contributed by atoms with Gasteiger partial charge in [-0.15, -0.1) is 0 Å². The lowest BCUT2D eigenvalue weighted by Gasteiger charge is -2.09. The molecular formula is C15H23ClFN. The molecule has 0 bridgehead atoms. The van der Waals surface area contributed by atoms with Gasteiger partial charge in [-0.05, 0) is 49.9 Å². The van der Waals surface area contributed by atoms with Gasteiger partial charge in [-0.3, -0.25) is 0 Å². The molecule has 0 amide bonds. The van der Waals surface area contributed by atoms with Gasteiger partial charge in [0, 0.05) is 11.1 Å². The van der Waals surface area contributed by atoms with Gasteiger partial charge in [-0.25, -0.2) is 4.39 Å². The molecule has 1 rings (SSSR count). The standard InChI is InChI=1S/C15H23ClFN/c1-11(2)18-8-6-4-5-7-13-9-12(3)15(17)10-14(13)16/h9-11,18H,4-8H2,1-3H3. The van der Waals surface area contributed by atoms with Crippen LogP contribution in [0.15, 0.2) is 12.1 Å². The number of halogens is 2. The summed E-state index contributed by atoms with van der Waals surface area (Å²) in [6.07, 6.45) is 4.38. The first-order valence-electron chi connectivity index (χ1n) is 6.68. The Balaban J connectivity index is 2.29. The molecule has 1 nitrogen and oxygen atoms in total. The molecule has 0 heterocycles. The molecule has 0 radical (unpaired) electrons. The topological polar surface area (TPSA) is 12.0 Å². The Labute approximate surface area is 115 Å². The summed E-state index contributed by atoms with van der Waals surface area (Å²) in [6.45, 7) is 7.15. The average Bonchev–Trinajstić information content (AvgIpc) is 2.29. The fraction of sp³-hybridized carbons (Fsp3) is 0.600. The Morgan fingerprint density at radius 1 is 1.22 bits per heavy atom. The molecule has 0 spiro atoms. The lowest BCUT2D eigenvalue weighted by atomic mass is 10.0. The van der Waals surface area contributed by atoms with Gasteiger partial charge in [0.1, 0.15) is 5.82 Å². The summed E-state index contributed by atoms with van der Waals surface area (Å²) in [6, 6.07) is 3.84.